The Kier molecular flexibility index (Phi) is 7.02. The largest absolute Gasteiger partial charge is 0.343 e. The summed E-state index contributed by atoms with van der Waals surface area (Å²) in [6, 6.07) is 8.67. The Bertz CT molecular complexity index is 887. The first-order valence-corrected chi connectivity index (χ1v) is 8.45. The van der Waals surface area contributed by atoms with Crippen LogP contribution in [0.5, 0.6) is 0 Å². The molecule has 0 saturated carbocycles. The number of halogens is 2. The molecule has 0 aliphatic heterocycles. The van der Waals surface area contributed by atoms with E-state index in [1.54, 1.807) is 12.1 Å². The average Bonchev–Trinajstić information content (AvgIpc) is 2.62. The van der Waals surface area contributed by atoms with Gasteiger partial charge < -0.3 is 21.3 Å². The van der Waals surface area contributed by atoms with Crippen LogP contribution in [0.2, 0.25) is 0 Å². The van der Waals surface area contributed by atoms with Crippen molar-refractivity contribution in [1.82, 2.24) is 10.6 Å². The third kappa shape index (κ3) is 6.35. The van der Waals surface area contributed by atoms with Crippen LogP contribution in [-0.4, -0.2) is 30.4 Å². The molecule has 0 fully saturated rings. The highest BCUT2D eigenvalue weighted by Gasteiger charge is 2.11. The molecule has 0 unspecified atom stereocenters. The van der Waals surface area contributed by atoms with Crippen LogP contribution in [0.1, 0.15) is 24.2 Å². The maximum Gasteiger partial charge on any atom is 0.319 e. The Balaban J connectivity index is 1.90. The van der Waals surface area contributed by atoms with Crippen molar-refractivity contribution in [3.05, 3.63) is 59.7 Å². The molecule has 2 aromatic rings. The van der Waals surface area contributed by atoms with Gasteiger partial charge >= 0.3 is 6.03 Å². The lowest BCUT2D eigenvalue weighted by Gasteiger charge is -2.11. The molecule has 0 bridgehead atoms. The summed E-state index contributed by atoms with van der Waals surface area (Å²) in [5, 5.41) is 10.0. The summed E-state index contributed by atoms with van der Waals surface area (Å²) in [7, 11) is 0. The van der Waals surface area contributed by atoms with E-state index in [1.165, 1.54) is 18.2 Å². The smallest absolute Gasteiger partial charge is 0.319 e. The predicted octanol–water partition coefficient (Wildman–Crippen LogP) is 2.86. The van der Waals surface area contributed by atoms with Gasteiger partial charge in [-0.15, -0.1) is 0 Å². The molecule has 2 aromatic carbocycles. The van der Waals surface area contributed by atoms with E-state index >= 15 is 0 Å². The van der Waals surface area contributed by atoms with Crippen LogP contribution in [0.25, 0.3) is 0 Å². The minimum Gasteiger partial charge on any atom is -0.343 e. The lowest BCUT2D eigenvalue weighted by atomic mass is 10.2. The Morgan fingerprint density at radius 1 is 0.929 bits per heavy atom. The van der Waals surface area contributed by atoms with E-state index in [-0.39, 0.29) is 23.8 Å². The minimum absolute atomic E-state index is 0.0421. The molecule has 4 N–H and O–H groups in total. The second kappa shape index (κ2) is 9.45. The van der Waals surface area contributed by atoms with Crippen molar-refractivity contribution >= 4 is 29.2 Å². The number of carbonyl (C=O) groups is 3. The van der Waals surface area contributed by atoms with Crippen molar-refractivity contribution in [2.45, 2.75) is 19.9 Å². The maximum atomic E-state index is 13.1. The molecule has 4 amide bonds. The summed E-state index contributed by atoms with van der Waals surface area (Å²) < 4.78 is 26.0. The Hall–Kier alpha value is -3.49. The van der Waals surface area contributed by atoms with E-state index in [0.29, 0.717) is 5.69 Å². The predicted molar refractivity (Wildman–Crippen MR) is 101 cm³/mol. The molecule has 148 valence electrons. The van der Waals surface area contributed by atoms with Gasteiger partial charge in [0.05, 0.1) is 6.54 Å². The van der Waals surface area contributed by atoms with Crippen LogP contribution in [0.4, 0.5) is 25.0 Å². The van der Waals surface area contributed by atoms with Gasteiger partial charge in [-0.1, -0.05) is 6.07 Å². The first-order chi connectivity index (χ1) is 13.2. The minimum atomic E-state index is -1.09. The maximum absolute atomic E-state index is 13.1. The molecule has 0 radical (unpaired) electrons. The molecule has 2 rings (SSSR count). The second-order valence-corrected chi connectivity index (χ2v) is 6.19. The number of carbonyl (C=O) groups excluding carboxylic acids is 3. The molecule has 28 heavy (non-hydrogen) atoms. The van der Waals surface area contributed by atoms with Gasteiger partial charge in [0.2, 0.25) is 5.91 Å². The molecule has 9 heteroatoms. The second-order valence-electron chi connectivity index (χ2n) is 6.19. The zero-order chi connectivity index (χ0) is 20.7. The summed E-state index contributed by atoms with van der Waals surface area (Å²) >= 11 is 0. The number of anilines is 2. The molecule has 0 aromatic heterocycles. The van der Waals surface area contributed by atoms with Crippen molar-refractivity contribution in [1.29, 1.82) is 0 Å². The summed E-state index contributed by atoms with van der Waals surface area (Å²) in [6.45, 7) is 3.26. The van der Waals surface area contributed by atoms with Gasteiger partial charge in [-0.25, -0.2) is 13.6 Å². The number of urea groups is 1. The van der Waals surface area contributed by atoms with E-state index in [2.05, 4.69) is 21.3 Å². The lowest BCUT2D eigenvalue weighted by Crippen LogP contribution is -2.34. The molecule has 7 nitrogen and oxygen atoms in total. The number of hydrogen-bond acceptors (Lipinski definition) is 3. The van der Waals surface area contributed by atoms with Crippen molar-refractivity contribution in [3.63, 3.8) is 0 Å². The monoisotopic (exact) mass is 390 g/mol. The molecule has 0 spiro atoms. The standard InChI is InChI=1S/C19H20F2N4O3/c1-11(2)23-19(28)25-13-5-3-4-12(8-13)18(27)22-10-17(26)24-14-6-7-15(20)16(21)9-14/h3-9,11H,10H2,1-2H3,(H,22,27)(H,24,26)(H2,23,25,28). The van der Waals surface area contributed by atoms with E-state index in [4.69, 9.17) is 0 Å². The Morgan fingerprint density at radius 3 is 2.32 bits per heavy atom. The zero-order valence-corrected chi connectivity index (χ0v) is 15.3. The summed E-state index contributed by atoms with van der Waals surface area (Å²) in [5.74, 6) is -3.26. The van der Waals surface area contributed by atoms with Crippen LogP contribution >= 0.6 is 0 Å². The normalized spacial score (nSPS) is 10.3. The summed E-state index contributed by atoms with van der Waals surface area (Å²) in [6.07, 6.45) is 0. The van der Waals surface area contributed by atoms with Crippen molar-refractivity contribution in [3.8, 4) is 0 Å². The number of amides is 4. The highest BCUT2D eigenvalue weighted by molar-refractivity contribution is 6.00. The first kappa shape index (κ1) is 20.8. The summed E-state index contributed by atoms with van der Waals surface area (Å²) in [5.41, 5.74) is 0.723. The zero-order valence-electron chi connectivity index (χ0n) is 15.3. The molecular weight excluding hydrogens is 370 g/mol. The summed E-state index contributed by atoms with van der Waals surface area (Å²) in [4.78, 5) is 35.8. The van der Waals surface area contributed by atoms with Crippen molar-refractivity contribution in [2.24, 2.45) is 0 Å². The fraction of sp³-hybridized carbons (Fsp3) is 0.211. The highest BCUT2D eigenvalue weighted by Crippen LogP contribution is 2.13. The highest BCUT2D eigenvalue weighted by atomic mass is 19.2. The van der Waals surface area contributed by atoms with Crippen molar-refractivity contribution < 1.29 is 23.2 Å². The van der Waals surface area contributed by atoms with Crippen LogP contribution < -0.4 is 21.3 Å². The quantitative estimate of drug-likeness (QED) is 0.610. The van der Waals surface area contributed by atoms with Crippen LogP contribution in [0, 0.1) is 11.6 Å². The van der Waals surface area contributed by atoms with Crippen LogP contribution in [0.3, 0.4) is 0 Å². The topological polar surface area (TPSA) is 99.3 Å². The van der Waals surface area contributed by atoms with Crippen LogP contribution in [-0.2, 0) is 4.79 Å². The van der Waals surface area contributed by atoms with Gasteiger partial charge in [0.25, 0.3) is 5.91 Å². The fourth-order valence-electron chi connectivity index (χ4n) is 2.21. The van der Waals surface area contributed by atoms with Gasteiger partial charge in [0.15, 0.2) is 11.6 Å². The van der Waals surface area contributed by atoms with Gasteiger partial charge in [-0.2, -0.15) is 0 Å². The molecule has 0 heterocycles. The van der Waals surface area contributed by atoms with E-state index < -0.39 is 29.5 Å². The van der Waals surface area contributed by atoms with Crippen LogP contribution in [0.15, 0.2) is 42.5 Å². The van der Waals surface area contributed by atoms with Gasteiger partial charge in [-0.05, 0) is 44.2 Å². The number of hydrogen-bond donors (Lipinski definition) is 4. The number of nitrogens with one attached hydrogen (secondary N) is 4. The van der Waals surface area contributed by atoms with E-state index in [9.17, 15) is 23.2 Å². The average molecular weight is 390 g/mol. The van der Waals surface area contributed by atoms with Gasteiger partial charge in [0.1, 0.15) is 0 Å². The number of benzene rings is 2. The molecule has 0 aliphatic carbocycles. The van der Waals surface area contributed by atoms with Gasteiger partial charge in [0, 0.05) is 29.0 Å². The molecule has 0 atom stereocenters. The Labute approximate surface area is 160 Å². The lowest BCUT2D eigenvalue weighted by molar-refractivity contribution is -0.115. The van der Waals surface area contributed by atoms with E-state index in [0.717, 1.165) is 12.1 Å². The fourth-order valence-corrected chi connectivity index (χ4v) is 2.21. The first-order valence-electron chi connectivity index (χ1n) is 8.45. The molecular formula is C19H20F2N4O3. The van der Waals surface area contributed by atoms with Crippen molar-refractivity contribution in [2.75, 3.05) is 17.2 Å². The third-order valence-electron chi connectivity index (χ3n) is 3.42. The SMILES string of the molecule is CC(C)NC(=O)Nc1cccc(C(=O)NCC(=O)Nc2ccc(F)c(F)c2)c1. The third-order valence-corrected chi connectivity index (χ3v) is 3.42. The van der Waals surface area contributed by atoms with E-state index in [1.807, 2.05) is 13.8 Å². The Morgan fingerprint density at radius 2 is 1.64 bits per heavy atom. The number of rotatable bonds is 6. The molecule has 0 saturated heterocycles. The van der Waals surface area contributed by atoms with Gasteiger partial charge in [-0.3, -0.25) is 9.59 Å². The molecule has 0 aliphatic rings.